The number of nitrogens with zero attached hydrogens (tertiary/aromatic N) is 3. The Hall–Kier alpha value is -2.34. The first-order valence-electron chi connectivity index (χ1n) is 8.82. The molecule has 1 saturated heterocycles. The number of carboxylic acids is 1. The number of hydrogen-bond donors (Lipinski definition) is 1. The van der Waals surface area contributed by atoms with Crippen LogP contribution in [0, 0.1) is 18.8 Å². The molecule has 2 heterocycles. The van der Waals surface area contributed by atoms with Crippen molar-refractivity contribution in [2.45, 2.75) is 32.2 Å². The van der Waals surface area contributed by atoms with E-state index >= 15 is 0 Å². The molecule has 7 heteroatoms. The Morgan fingerprint density at radius 3 is 2.81 bits per heavy atom. The molecular weight excluding hydrogens is 354 g/mol. The van der Waals surface area contributed by atoms with Crippen molar-refractivity contribution < 1.29 is 14.7 Å². The lowest BCUT2D eigenvalue weighted by Gasteiger charge is -2.23. The maximum atomic E-state index is 13.0. The van der Waals surface area contributed by atoms with Crippen LogP contribution in [-0.4, -0.2) is 44.3 Å². The van der Waals surface area contributed by atoms with Gasteiger partial charge in [-0.3, -0.25) is 4.79 Å². The molecule has 0 bridgehead atoms. The lowest BCUT2D eigenvalue weighted by Crippen LogP contribution is -2.43. The predicted octanol–water partition coefficient (Wildman–Crippen LogP) is 3.16. The molecule has 2 aromatic rings. The number of aryl methyl sites for hydroxylation is 1. The van der Waals surface area contributed by atoms with Gasteiger partial charge in [0.1, 0.15) is 6.04 Å². The third-order valence-corrected chi connectivity index (χ3v) is 5.80. The summed E-state index contributed by atoms with van der Waals surface area (Å²) in [6, 6.07) is 8.19. The SMILES string of the molecule is Cc1cc(C(=O)N2CC3CCCC3C2C(=O)O)nn1-c1cccc(Cl)c1. The number of fused-ring (bicyclic) bond motifs is 1. The fourth-order valence-electron chi connectivity index (χ4n) is 4.43. The van der Waals surface area contributed by atoms with Crippen LogP contribution < -0.4 is 0 Å². The molecule has 26 heavy (non-hydrogen) atoms. The summed E-state index contributed by atoms with van der Waals surface area (Å²) in [4.78, 5) is 26.3. The largest absolute Gasteiger partial charge is 0.480 e. The molecule has 0 radical (unpaired) electrons. The van der Waals surface area contributed by atoms with Crippen LogP contribution in [0.5, 0.6) is 0 Å². The topological polar surface area (TPSA) is 75.4 Å². The molecule has 2 fully saturated rings. The summed E-state index contributed by atoms with van der Waals surface area (Å²) in [5.41, 5.74) is 1.83. The Balaban J connectivity index is 1.65. The Bertz CT molecular complexity index is 879. The van der Waals surface area contributed by atoms with Gasteiger partial charge < -0.3 is 10.0 Å². The van der Waals surface area contributed by atoms with E-state index in [1.165, 1.54) is 4.90 Å². The Kier molecular flexibility index (Phi) is 4.23. The smallest absolute Gasteiger partial charge is 0.326 e. The van der Waals surface area contributed by atoms with E-state index in [4.69, 9.17) is 11.6 Å². The molecule has 1 aromatic heterocycles. The van der Waals surface area contributed by atoms with E-state index in [2.05, 4.69) is 5.10 Å². The lowest BCUT2D eigenvalue weighted by atomic mass is 9.94. The second-order valence-electron chi connectivity index (χ2n) is 7.16. The summed E-state index contributed by atoms with van der Waals surface area (Å²) in [6.45, 7) is 2.36. The summed E-state index contributed by atoms with van der Waals surface area (Å²) in [7, 11) is 0. The minimum absolute atomic E-state index is 0.0626. The fraction of sp³-hybridized carbons (Fsp3) is 0.421. The number of aliphatic carboxylic acids is 1. The normalized spacial score (nSPS) is 24.7. The quantitative estimate of drug-likeness (QED) is 0.896. The van der Waals surface area contributed by atoms with Crippen LogP contribution in [0.3, 0.4) is 0 Å². The molecule has 136 valence electrons. The van der Waals surface area contributed by atoms with Gasteiger partial charge in [0.2, 0.25) is 0 Å². The van der Waals surface area contributed by atoms with Crippen LogP contribution >= 0.6 is 11.6 Å². The number of amides is 1. The molecule has 3 unspecified atom stereocenters. The van der Waals surface area contributed by atoms with Gasteiger partial charge in [-0.15, -0.1) is 0 Å². The molecule has 1 saturated carbocycles. The van der Waals surface area contributed by atoms with Gasteiger partial charge in [0.25, 0.3) is 5.91 Å². The van der Waals surface area contributed by atoms with E-state index in [0.717, 1.165) is 30.6 Å². The number of likely N-dealkylation sites (tertiary alicyclic amines) is 1. The third kappa shape index (κ3) is 2.78. The molecule has 1 amide bonds. The van der Waals surface area contributed by atoms with Crippen LogP contribution in [0.2, 0.25) is 5.02 Å². The van der Waals surface area contributed by atoms with Crippen molar-refractivity contribution in [2.75, 3.05) is 6.54 Å². The van der Waals surface area contributed by atoms with Crippen LogP contribution in [0.25, 0.3) is 5.69 Å². The van der Waals surface area contributed by atoms with Gasteiger partial charge in [-0.2, -0.15) is 5.10 Å². The highest BCUT2D eigenvalue weighted by atomic mass is 35.5. The monoisotopic (exact) mass is 373 g/mol. The highest BCUT2D eigenvalue weighted by Crippen LogP contribution is 2.42. The van der Waals surface area contributed by atoms with Crippen LogP contribution in [0.15, 0.2) is 30.3 Å². The van der Waals surface area contributed by atoms with E-state index in [1.807, 2.05) is 19.1 Å². The minimum atomic E-state index is -0.918. The maximum absolute atomic E-state index is 13.0. The van der Waals surface area contributed by atoms with Crippen molar-refractivity contribution in [3.63, 3.8) is 0 Å². The zero-order chi connectivity index (χ0) is 18.4. The molecule has 2 aliphatic rings. The zero-order valence-corrected chi connectivity index (χ0v) is 15.2. The number of benzene rings is 1. The van der Waals surface area contributed by atoms with Crippen molar-refractivity contribution in [1.29, 1.82) is 0 Å². The first-order valence-corrected chi connectivity index (χ1v) is 9.20. The summed E-state index contributed by atoms with van der Waals surface area (Å²) in [5.74, 6) is -0.877. The molecule has 1 N–H and O–H groups in total. The first kappa shape index (κ1) is 17.1. The summed E-state index contributed by atoms with van der Waals surface area (Å²) in [6.07, 6.45) is 2.92. The van der Waals surface area contributed by atoms with Gasteiger partial charge in [0.15, 0.2) is 5.69 Å². The van der Waals surface area contributed by atoms with Crippen molar-refractivity contribution in [2.24, 2.45) is 11.8 Å². The number of carbonyl (C=O) groups excluding carboxylic acids is 1. The van der Waals surface area contributed by atoms with Crippen molar-refractivity contribution in [3.8, 4) is 5.69 Å². The number of hydrogen-bond acceptors (Lipinski definition) is 3. The summed E-state index contributed by atoms with van der Waals surface area (Å²) < 4.78 is 1.66. The van der Waals surface area contributed by atoms with Crippen molar-refractivity contribution in [1.82, 2.24) is 14.7 Å². The van der Waals surface area contributed by atoms with Gasteiger partial charge in [-0.05, 0) is 55.9 Å². The number of carbonyl (C=O) groups is 2. The average Bonchev–Trinajstić information content (AvgIpc) is 3.27. The van der Waals surface area contributed by atoms with Crippen molar-refractivity contribution >= 4 is 23.5 Å². The summed E-state index contributed by atoms with van der Waals surface area (Å²) in [5, 5.41) is 14.7. The van der Waals surface area contributed by atoms with E-state index < -0.39 is 12.0 Å². The Morgan fingerprint density at radius 1 is 1.27 bits per heavy atom. The molecule has 1 aliphatic carbocycles. The summed E-state index contributed by atoms with van der Waals surface area (Å²) >= 11 is 6.05. The van der Waals surface area contributed by atoms with Crippen molar-refractivity contribution in [3.05, 3.63) is 46.7 Å². The van der Waals surface area contributed by atoms with Crippen LogP contribution in [0.1, 0.15) is 35.4 Å². The van der Waals surface area contributed by atoms with Gasteiger partial charge in [0, 0.05) is 17.3 Å². The van der Waals surface area contributed by atoms with Crippen LogP contribution in [-0.2, 0) is 4.79 Å². The second-order valence-corrected chi connectivity index (χ2v) is 7.59. The number of aromatic nitrogens is 2. The highest BCUT2D eigenvalue weighted by Gasteiger charge is 2.50. The maximum Gasteiger partial charge on any atom is 0.326 e. The van der Waals surface area contributed by atoms with E-state index in [1.54, 1.807) is 22.9 Å². The Morgan fingerprint density at radius 2 is 2.08 bits per heavy atom. The molecule has 3 atom stereocenters. The van der Waals surface area contributed by atoms with E-state index in [9.17, 15) is 14.7 Å². The number of rotatable bonds is 3. The molecule has 1 aromatic carbocycles. The third-order valence-electron chi connectivity index (χ3n) is 5.56. The first-order chi connectivity index (χ1) is 12.5. The Labute approximate surface area is 156 Å². The molecule has 1 aliphatic heterocycles. The predicted molar refractivity (Wildman–Crippen MR) is 96.6 cm³/mol. The molecule has 4 rings (SSSR count). The van der Waals surface area contributed by atoms with E-state index in [-0.39, 0.29) is 23.4 Å². The highest BCUT2D eigenvalue weighted by molar-refractivity contribution is 6.30. The fourth-order valence-corrected chi connectivity index (χ4v) is 4.61. The van der Waals surface area contributed by atoms with E-state index in [0.29, 0.717) is 11.6 Å². The van der Waals surface area contributed by atoms with Gasteiger partial charge >= 0.3 is 5.97 Å². The van der Waals surface area contributed by atoms with Gasteiger partial charge in [0.05, 0.1) is 5.69 Å². The second kappa shape index (κ2) is 6.43. The number of carboxylic acid groups (broad SMARTS) is 1. The lowest BCUT2D eigenvalue weighted by molar-refractivity contribution is -0.142. The molecular formula is C19H20ClN3O3. The zero-order valence-electron chi connectivity index (χ0n) is 14.4. The van der Waals surface area contributed by atoms with Crippen LogP contribution in [0.4, 0.5) is 0 Å². The van der Waals surface area contributed by atoms with Gasteiger partial charge in [-0.25, -0.2) is 9.48 Å². The molecule has 6 nitrogen and oxygen atoms in total. The molecule has 0 spiro atoms. The standard InChI is InChI=1S/C19H20ClN3O3/c1-11-8-16(21-23(11)14-6-3-5-13(20)9-14)18(24)22-10-12-4-2-7-15(12)17(22)19(25)26/h3,5-6,8-9,12,15,17H,2,4,7,10H2,1H3,(H,25,26). The minimum Gasteiger partial charge on any atom is -0.480 e. The van der Waals surface area contributed by atoms with Gasteiger partial charge in [-0.1, -0.05) is 24.1 Å². The number of halogens is 1. The average molecular weight is 374 g/mol.